The largest absolute Gasteiger partial charge is 0.493 e. The fourth-order valence-corrected chi connectivity index (χ4v) is 2.69. The van der Waals surface area contributed by atoms with Gasteiger partial charge in [-0.25, -0.2) is 0 Å². The van der Waals surface area contributed by atoms with Gasteiger partial charge in [0, 0.05) is 18.4 Å². The Labute approximate surface area is 151 Å². The van der Waals surface area contributed by atoms with Gasteiger partial charge in [0.1, 0.15) is 11.5 Å². The molecule has 2 N–H and O–H groups in total. The first-order valence-corrected chi connectivity index (χ1v) is 9.02. The smallest absolute Gasteiger partial charge is 0.119 e. The first kappa shape index (κ1) is 19.4. The molecule has 2 rings (SSSR count). The maximum atomic E-state index is 5.86. The number of ether oxygens (including phenoxy) is 2. The minimum Gasteiger partial charge on any atom is -0.493 e. The van der Waals surface area contributed by atoms with Crippen molar-refractivity contribution < 1.29 is 9.47 Å². The molecular formula is C20H31N3O2. The van der Waals surface area contributed by atoms with Crippen molar-refractivity contribution in [2.75, 3.05) is 19.8 Å². The minimum atomic E-state index is 0.129. The molecule has 0 radical (unpaired) electrons. The van der Waals surface area contributed by atoms with E-state index in [1.54, 1.807) is 6.21 Å². The van der Waals surface area contributed by atoms with E-state index < -0.39 is 0 Å². The molecule has 0 amide bonds. The van der Waals surface area contributed by atoms with Crippen molar-refractivity contribution in [2.24, 2.45) is 21.4 Å². The third kappa shape index (κ3) is 6.50. The zero-order chi connectivity index (χ0) is 18.3. The first-order valence-electron chi connectivity index (χ1n) is 9.02. The van der Waals surface area contributed by atoms with Gasteiger partial charge in [-0.05, 0) is 55.4 Å². The maximum absolute atomic E-state index is 5.86. The van der Waals surface area contributed by atoms with Crippen LogP contribution in [0.4, 0.5) is 0 Å². The summed E-state index contributed by atoms with van der Waals surface area (Å²) in [6.45, 7) is 10.7. The predicted octanol–water partition coefficient (Wildman–Crippen LogP) is 3.72. The Morgan fingerprint density at radius 1 is 1.36 bits per heavy atom. The Morgan fingerprint density at radius 3 is 2.76 bits per heavy atom. The van der Waals surface area contributed by atoms with Crippen LogP contribution in [-0.2, 0) is 4.74 Å². The zero-order valence-electron chi connectivity index (χ0n) is 15.9. The summed E-state index contributed by atoms with van der Waals surface area (Å²) in [7, 11) is 0. The van der Waals surface area contributed by atoms with Gasteiger partial charge in [-0.1, -0.05) is 20.8 Å². The number of rotatable bonds is 6. The topological polar surface area (TPSA) is 69.2 Å². The number of benzene rings is 1. The van der Waals surface area contributed by atoms with Gasteiger partial charge in [0.25, 0.3) is 0 Å². The van der Waals surface area contributed by atoms with Crippen molar-refractivity contribution in [3.8, 4) is 5.75 Å². The van der Waals surface area contributed by atoms with Crippen molar-refractivity contribution in [3.63, 3.8) is 0 Å². The summed E-state index contributed by atoms with van der Waals surface area (Å²) in [5.41, 5.74) is 2.84. The molecule has 0 bridgehead atoms. The highest BCUT2D eigenvalue weighted by Gasteiger charge is 2.14. The normalized spacial score (nSPS) is 19.4. The van der Waals surface area contributed by atoms with Gasteiger partial charge in [-0.2, -0.15) is 5.10 Å². The molecule has 1 heterocycles. The first-order chi connectivity index (χ1) is 11.9. The predicted molar refractivity (Wildman–Crippen MR) is 104 cm³/mol. The Bertz CT molecular complexity index is 612. The Hall–Kier alpha value is -1.88. The van der Waals surface area contributed by atoms with Crippen LogP contribution in [0, 0.1) is 12.3 Å². The van der Waals surface area contributed by atoms with Gasteiger partial charge in [0.15, 0.2) is 0 Å². The molecule has 1 unspecified atom stereocenters. The molecule has 1 aromatic carbocycles. The molecule has 5 nitrogen and oxygen atoms in total. The summed E-state index contributed by atoms with van der Waals surface area (Å²) in [6, 6.07) is 5.96. The summed E-state index contributed by atoms with van der Waals surface area (Å²) >= 11 is 0. The highest BCUT2D eigenvalue weighted by molar-refractivity contribution is 6.38. The molecule has 1 aliphatic heterocycles. The SMILES string of the molecule is Cc1cc(OCC(C)(C)C)ccc1/C(C=NCC1CCCCO1)=N/N. The number of hydrogen-bond donors (Lipinski definition) is 1. The summed E-state index contributed by atoms with van der Waals surface area (Å²) in [5, 5.41) is 3.90. The second-order valence-corrected chi connectivity index (χ2v) is 7.82. The van der Waals surface area contributed by atoms with Crippen molar-refractivity contribution in [2.45, 2.75) is 53.1 Å². The molecule has 1 atom stereocenters. The standard InChI is InChI=1S/C20H31N3O2/c1-15-11-16(25-14-20(2,3)4)8-9-18(15)19(23-21)13-22-12-17-7-5-6-10-24-17/h8-9,11,13,17H,5-7,10,12,14,21H2,1-4H3/b22-13?,23-19+. The molecule has 138 valence electrons. The fraction of sp³-hybridized carbons (Fsp3) is 0.600. The molecule has 25 heavy (non-hydrogen) atoms. The Morgan fingerprint density at radius 2 is 2.16 bits per heavy atom. The number of aryl methyl sites for hydroxylation is 1. The van der Waals surface area contributed by atoms with Crippen LogP contribution >= 0.6 is 0 Å². The van der Waals surface area contributed by atoms with Crippen LogP contribution in [0.2, 0.25) is 0 Å². The molecule has 1 fully saturated rings. The van der Waals surface area contributed by atoms with E-state index in [4.69, 9.17) is 15.3 Å². The van der Waals surface area contributed by atoms with E-state index >= 15 is 0 Å². The second-order valence-electron chi connectivity index (χ2n) is 7.82. The highest BCUT2D eigenvalue weighted by Crippen LogP contribution is 2.21. The lowest BCUT2D eigenvalue weighted by Crippen LogP contribution is -2.22. The van der Waals surface area contributed by atoms with E-state index in [0.29, 0.717) is 18.9 Å². The quantitative estimate of drug-likeness (QED) is 0.485. The van der Waals surface area contributed by atoms with Crippen molar-refractivity contribution >= 4 is 11.9 Å². The van der Waals surface area contributed by atoms with Crippen molar-refractivity contribution in [1.82, 2.24) is 0 Å². The van der Waals surface area contributed by atoms with Crippen molar-refractivity contribution in [1.29, 1.82) is 0 Å². The lowest BCUT2D eigenvalue weighted by atomic mass is 9.98. The Balaban J connectivity index is 1.99. The monoisotopic (exact) mass is 345 g/mol. The van der Waals surface area contributed by atoms with Crippen LogP contribution in [0.5, 0.6) is 5.75 Å². The molecule has 0 aromatic heterocycles. The lowest BCUT2D eigenvalue weighted by molar-refractivity contribution is 0.0226. The highest BCUT2D eigenvalue weighted by atomic mass is 16.5. The number of hydrazone groups is 1. The van der Waals surface area contributed by atoms with E-state index in [2.05, 4.69) is 30.9 Å². The van der Waals surface area contributed by atoms with E-state index in [-0.39, 0.29) is 11.5 Å². The van der Waals surface area contributed by atoms with Gasteiger partial charge in [0.2, 0.25) is 0 Å². The Kier molecular flexibility index (Phi) is 7.00. The van der Waals surface area contributed by atoms with Gasteiger partial charge in [0.05, 0.1) is 19.3 Å². The molecule has 1 saturated heterocycles. The lowest BCUT2D eigenvalue weighted by Gasteiger charge is -2.20. The van der Waals surface area contributed by atoms with E-state index in [9.17, 15) is 0 Å². The number of aliphatic imine (C=N–C) groups is 1. The summed E-state index contributed by atoms with van der Waals surface area (Å²) in [4.78, 5) is 4.48. The molecule has 1 aliphatic rings. The number of nitrogens with zero attached hydrogens (tertiary/aromatic N) is 2. The fourth-order valence-electron chi connectivity index (χ4n) is 2.69. The van der Waals surface area contributed by atoms with Gasteiger partial charge >= 0.3 is 0 Å². The average Bonchev–Trinajstić information content (AvgIpc) is 2.58. The summed E-state index contributed by atoms with van der Waals surface area (Å²) in [6.07, 6.45) is 5.41. The number of hydrogen-bond acceptors (Lipinski definition) is 5. The van der Waals surface area contributed by atoms with E-state index in [0.717, 1.165) is 36.3 Å². The maximum Gasteiger partial charge on any atom is 0.119 e. The van der Waals surface area contributed by atoms with Crippen LogP contribution in [0.25, 0.3) is 0 Å². The van der Waals surface area contributed by atoms with E-state index in [1.165, 1.54) is 6.42 Å². The average molecular weight is 345 g/mol. The molecule has 1 aromatic rings. The van der Waals surface area contributed by atoms with Crippen LogP contribution in [0.3, 0.4) is 0 Å². The van der Waals surface area contributed by atoms with Crippen molar-refractivity contribution in [3.05, 3.63) is 29.3 Å². The molecule has 5 heteroatoms. The third-order valence-corrected chi connectivity index (χ3v) is 4.08. The minimum absolute atomic E-state index is 0.129. The second kappa shape index (κ2) is 8.99. The molecule has 0 spiro atoms. The van der Waals surface area contributed by atoms with Crippen LogP contribution < -0.4 is 10.6 Å². The van der Waals surface area contributed by atoms with Gasteiger partial charge in [-0.15, -0.1) is 0 Å². The van der Waals surface area contributed by atoms with E-state index in [1.807, 2.05) is 25.1 Å². The van der Waals surface area contributed by atoms with Gasteiger partial charge < -0.3 is 15.3 Å². The third-order valence-electron chi connectivity index (χ3n) is 4.08. The summed E-state index contributed by atoms with van der Waals surface area (Å²) < 4.78 is 11.6. The summed E-state index contributed by atoms with van der Waals surface area (Å²) in [5.74, 6) is 6.44. The van der Waals surface area contributed by atoms with Gasteiger partial charge in [-0.3, -0.25) is 4.99 Å². The van der Waals surface area contributed by atoms with Crippen LogP contribution in [-0.4, -0.2) is 37.8 Å². The van der Waals surface area contributed by atoms with Crippen LogP contribution in [0.15, 0.2) is 28.3 Å². The molecular weight excluding hydrogens is 314 g/mol. The molecule has 0 aliphatic carbocycles. The number of nitrogens with two attached hydrogens (primary N) is 1. The zero-order valence-corrected chi connectivity index (χ0v) is 15.9. The van der Waals surface area contributed by atoms with Crippen LogP contribution in [0.1, 0.15) is 51.2 Å². The molecule has 0 saturated carbocycles.